The summed E-state index contributed by atoms with van der Waals surface area (Å²) >= 11 is 2.34. The third-order valence-electron chi connectivity index (χ3n) is 4.55. The number of benzene rings is 2. The number of alkyl halides is 6. The maximum absolute atomic E-state index is 12.9. The number of thiazole rings is 2. The molecule has 0 aliphatic heterocycles. The summed E-state index contributed by atoms with van der Waals surface area (Å²) in [5.41, 5.74) is 0.474. The summed E-state index contributed by atoms with van der Waals surface area (Å²) < 4.78 is 79.5. The summed E-state index contributed by atoms with van der Waals surface area (Å²) in [6, 6.07) is 9.19. The van der Waals surface area contributed by atoms with E-state index in [2.05, 4.69) is 25.3 Å². The summed E-state index contributed by atoms with van der Waals surface area (Å²) in [4.78, 5) is 21.8. The molecule has 2 N–H and O–H groups in total. The highest BCUT2D eigenvalue weighted by molar-refractivity contribution is 7.20. The van der Waals surface area contributed by atoms with Crippen molar-refractivity contribution in [2.24, 2.45) is 0 Å². The van der Waals surface area contributed by atoms with E-state index in [9.17, 15) is 31.1 Å². The van der Waals surface area contributed by atoms with Gasteiger partial charge in [0.1, 0.15) is 5.75 Å². The predicted octanol–water partition coefficient (Wildman–Crippen LogP) is 7.49. The van der Waals surface area contributed by atoms with Crippen molar-refractivity contribution in [1.29, 1.82) is 0 Å². The van der Waals surface area contributed by atoms with Crippen LogP contribution < -0.4 is 15.4 Å². The highest BCUT2D eigenvalue weighted by Crippen LogP contribution is 2.36. The first kappa shape index (κ1) is 25.4. The van der Waals surface area contributed by atoms with Gasteiger partial charge in [0.15, 0.2) is 10.3 Å². The number of carbonyl (C=O) groups is 1. The fourth-order valence-corrected chi connectivity index (χ4v) is 4.71. The zero-order valence-corrected chi connectivity index (χ0v) is 19.6. The summed E-state index contributed by atoms with van der Waals surface area (Å²) in [5.74, 6) is -1.09. The maximum atomic E-state index is 12.9. The number of hydrogen-bond acceptors (Lipinski definition) is 7. The van der Waals surface area contributed by atoms with Gasteiger partial charge in [-0.2, -0.15) is 13.2 Å². The lowest BCUT2D eigenvalue weighted by atomic mass is 10.1. The van der Waals surface area contributed by atoms with Gasteiger partial charge in [-0.25, -0.2) is 9.97 Å². The molecule has 4 aromatic rings. The van der Waals surface area contributed by atoms with Crippen LogP contribution in [-0.2, 0) is 6.18 Å². The van der Waals surface area contributed by atoms with Crippen LogP contribution in [0.15, 0.2) is 53.9 Å². The minimum absolute atomic E-state index is 0.161. The molecule has 2 aromatic heterocycles. The van der Waals surface area contributed by atoms with E-state index in [1.807, 2.05) is 0 Å². The van der Waals surface area contributed by atoms with Crippen molar-refractivity contribution >= 4 is 44.5 Å². The molecule has 0 aliphatic rings. The molecule has 0 aliphatic carbocycles. The number of nitrogens with one attached hydrogen (secondary N) is 2. The Balaban J connectivity index is 1.44. The van der Waals surface area contributed by atoms with Crippen molar-refractivity contribution in [1.82, 2.24) is 9.97 Å². The van der Waals surface area contributed by atoms with E-state index >= 15 is 0 Å². The molecular weight excluding hydrogens is 530 g/mol. The Bertz CT molecular complexity index is 1380. The molecule has 0 fully saturated rings. The van der Waals surface area contributed by atoms with E-state index in [-0.39, 0.29) is 16.4 Å². The second-order valence-electron chi connectivity index (χ2n) is 7.20. The highest BCUT2D eigenvalue weighted by Gasteiger charge is 2.31. The molecular formula is C22H14F6N4O2S2. The Morgan fingerprint density at radius 3 is 2.36 bits per heavy atom. The van der Waals surface area contributed by atoms with E-state index in [0.29, 0.717) is 27.1 Å². The molecule has 188 valence electrons. The van der Waals surface area contributed by atoms with Gasteiger partial charge in [-0.05, 0) is 49.4 Å². The SMILES string of the molecule is Cc1nc(NC(=O)c2cccc(C(F)(F)F)c2)sc1-c1csc(Nc2ccc(OC(F)(F)F)cc2)n1. The van der Waals surface area contributed by atoms with Gasteiger partial charge in [0.25, 0.3) is 5.91 Å². The third-order valence-corrected chi connectivity index (χ3v) is 6.40. The van der Waals surface area contributed by atoms with Gasteiger partial charge in [-0.3, -0.25) is 10.1 Å². The predicted molar refractivity (Wildman–Crippen MR) is 124 cm³/mol. The smallest absolute Gasteiger partial charge is 0.406 e. The van der Waals surface area contributed by atoms with Gasteiger partial charge in [0.2, 0.25) is 0 Å². The lowest BCUT2D eigenvalue weighted by Crippen LogP contribution is -2.16. The standard InChI is InChI=1S/C22H14F6N4O2S2/c1-11-17(36-20(29-11)32-18(33)12-3-2-4-13(9-12)21(23,24)25)16-10-35-19(31-16)30-14-5-7-15(8-6-14)34-22(26,27)28/h2-10H,1H3,(H,30,31)(H,29,32,33). The average Bonchev–Trinajstić information content (AvgIpc) is 3.39. The Morgan fingerprint density at radius 1 is 0.972 bits per heavy atom. The minimum atomic E-state index is -4.78. The summed E-state index contributed by atoms with van der Waals surface area (Å²) in [5, 5.41) is 7.85. The number of halogens is 6. The molecule has 14 heteroatoms. The van der Waals surface area contributed by atoms with Crippen molar-refractivity contribution < 1.29 is 35.9 Å². The van der Waals surface area contributed by atoms with E-state index in [4.69, 9.17) is 0 Å². The summed E-state index contributed by atoms with van der Waals surface area (Å²) in [6.45, 7) is 1.69. The van der Waals surface area contributed by atoms with Crippen molar-refractivity contribution in [2.45, 2.75) is 19.5 Å². The minimum Gasteiger partial charge on any atom is -0.406 e. The fourth-order valence-electron chi connectivity index (χ4n) is 2.99. The number of carbonyl (C=O) groups excluding carboxylic acids is 1. The van der Waals surface area contributed by atoms with Crippen molar-refractivity contribution in [2.75, 3.05) is 10.6 Å². The molecule has 4 rings (SSSR count). The second kappa shape index (κ2) is 9.78. The first-order valence-corrected chi connectivity index (χ1v) is 11.6. The molecule has 0 radical (unpaired) electrons. The molecule has 0 spiro atoms. The number of anilines is 3. The van der Waals surface area contributed by atoms with E-state index in [1.54, 1.807) is 12.3 Å². The van der Waals surface area contributed by atoms with Crippen molar-refractivity contribution in [3.8, 4) is 16.3 Å². The number of amides is 1. The van der Waals surface area contributed by atoms with Gasteiger partial charge in [-0.1, -0.05) is 17.4 Å². The Kier molecular flexibility index (Phi) is 6.91. The largest absolute Gasteiger partial charge is 0.573 e. The normalized spacial score (nSPS) is 11.9. The molecule has 6 nitrogen and oxygen atoms in total. The topological polar surface area (TPSA) is 76.1 Å². The molecule has 0 atom stereocenters. The summed E-state index contributed by atoms with van der Waals surface area (Å²) in [6.07, 6.45) is -9.35. The van der Waals surface area contributed by atoms with Gasteiger partial charge in [-0.15, -0.1) is 24.5 Å². The molecule has 2 aromatic carbocycles. The van der Waals surface area contributed by atoms with Gasteiger partial charge < -0.3 is 10.1 Å². The Morgan fingerprint density at radius 2 is 1.69 bits per heavy atom. The fraction of sp³-hybridized carbons (Fsp3) is 0.136. The number of ether oxygens (including phenoxy) is 1. The molecule has 36 heavy (non-hydrogen) atoms. The van der Waals surface area contributed by atoms with Crippen LogP contribution in [0.1, 0.15) is 21.6 Å². The van der Waals surface area contributed by atoms with Crippen LogP contribution in [0.3, 0.4) is 0 Å². The second-order valence-corrected chi connectivity index (χ2v) is 9.06. The van der Waals surface area contributed by atoms with E-state index in [0.717, 1.165) is 41.7 Å². The van der Waals surface area contributed by atoms with Gasteiger partial charge in [0.05, 0.1) is 21.8 Å². The van der Waals surface area contributed by atoms with Crippen LogP contribution >= 0.6 is 22.7 Å². The summed E-state index contributed by atoms with van der Waals surface area (Å²) in [7, 11) is 0. The van der Waals surface area contributed by atoms with Crippen LogP contribution in [-0.4, -0.2) is 22.2 Å². The molecule has 2 heterocycles. The molecule has 0 saturated heterocycles. The van der Waals surface area contributed by atoms with Crippen LogP contribution in [0.4, 0.5) is 42.3 Å². The van der Waals surface area contributed by atoms with E-state index < -0.39 is 24.0 Å². The number of rotatable bonds is 6. The quantitative estimate of drug-likeness (QED) is 0.246. The number of hydrogen-bond donors (Lipinski definition) is 2. The Hall–Kier alpha value is -3.65. The van der Waals surface area contributed by atoms with Crippen molar-refractivity contribution in [3.63, 3.8) is 0 Å². The molecule has 0 unspecified atom stereocenters. The lowest BCUT2D eigenvalue weighted by Gasteiger charge is -2.09. The highest BCUT2D eigenvalue weighted by atomic mass is 32.1. The van der Waals surface area contributed by atoms with E-state index in [1.165, 1.54) is 29.5 Å². The third kappa shape index (κ3) is 6.31. The average molecular weight is 545 g/mol. The van der Waals surface area contributed by atoms with Crippen LogP contribution in [0.5, 0.6) is 5.75 Å². The zero-order chi connectivity index (χ0) is 26.1. The molecule has 0 saturated carbocycles. The monoisotopic (exact) mass is 544 g/mol. The van der Waals surface area contributed by atoms with Crippen LogP contribution in [0.2, 0.25) is 0 Å². The zero-order valence-electron chi connectivity index (χ0n) is 18.0. The Labute approximate surface area is 207 Å². The number of aromatic nitrogens is 2. The molecule has 0 bridgehead atoms. The number of aryl methyl sites for hydroxylation is 1. The maximum Gasteiger partial charge on any atom is 0.573 e. The van der Waals surface area contributed by atoms with Crippen molar-refractivity contribution in [3.05, 3.63) is 70.7 Å². The van der Waals surface area contributed by atoms with Gasteiger partial charge in [0, 0.05) is 16.6 Å². The van der Waals surface area contributed by atoms with Crippen LogP contribution in [0, 0.1) is 6.92 Å². The lowest BCUT2D eigenvalue weighted by molar-refractivity contribution is -0.274. The van der Waals surface area contributed by atoms with Gasteiger partial charge >= 0.3 is 12.5 Å². The van der Waals surface area contributed by atoms with Crippen LogP contribution in [0.25, 0.3) is 10.6 Å². The first-order chi connectivity index (χ1) is 16.9. The molecule has 1 amide bonds. The first-order valence-electron chi connectivity index (χ1n) is 9.92. The number of nitrogens with zero attached hydrogens (tertiary/aromatic N) is 2.